The van der Waals surface area contributed by atoms with E-state index in [2.05, 4.69) is 0 Å². The zero-order valence-corrected chi connectivity index (χ0v) is 7.71. The van der Waals surface area contributed by atoms with Gasteiger partial charge in [-0.1, -0.05) is 17.7 Å². The molecule has 1 N–H and O–H groups in total. The summed E-state index contributed by atoms with van der Waals surface area (Å²) in [4.78, 5) is 20.9. The van der Waals surface area contributed by atoms with Gasteiger partial charge in [-0.15, -0.1) is 0 Å². The predicted octanol–water partition coefficient (Wildman–Crippen LogP) is 1.68. The molecule has 0 unspecified atom stereocenters. The lowest BCUT2D eigenvalue weighted by atomic mass is 10.1. The van der Waals surface area contributed by atoms with E-state index < -0.39 is 24.0 Å². The SMILES string of the molecule is O=C(O)C(=O)Cc1ccc(Cl)cc1F. The molecule has 0 saturated carbocycles. The highest BCUT2D eigenvalue weighted by molar-refractivity contribution is 6.33. The molecule has 0 fully saturated rings. The second-order valence-electron chi connectivity index (χ2n) is 2.64. The fourth-order valence-electron chi connectivity index (χ4n) is 0.914. The van der Waals surface area contributed by atoms with Crippen LogP contribution in [0.15, 0.2) is 18.2 Å². The normalized spacial score (nSPS) is 9.86. The van der Waals surface area contributed by atoms with Crippen molar-refractivity contribution in [2.45, 2.75) is 6.42 Å². The molecule has 0 saturated heterocycles. The molecule has 3 nitrogen and oxygen atoms in total. The summed E-state index contributed by atoms with van der Waals surface area (Å²) in [7, 11) is 0. The number of carbonyl (C=O) groups excluding carboxylic acids is 1. The van der Waals surface area contributed by atoms with E-state index in [1.165, 1.54) is 12.1 Å². The lowest BCUT2D eigenvalue weighted by Gasteiger charge is -2.00. The summed E-state index contributed by atoms with van der Waals surface area (Å²) in [6.45, 7) is 0. The first kappa shape index (κ1) is 10.7. The van der Waals surface area contributed by atoms with Gasteiger partial charge < -0.3 is 5.11 Å². The highest BCUT2D eigenvalue weighted by Crippen LogP contribution is 2.15. The highest BCUT2D eigenvalue weighted by Gasteiger charge is 2.14. The van der Waals surface area contributed by atoms with Crippen LogP contribution < -0.4 is 0 Å². The molecular formula is C9H6ClFO3. The average molecular weight is 217 g/mol. The molecule has 74 valence electrons. The van der Waals surface area contributed by atoms with E-state index in [-0.39, 0.29) is 10.6 Å². The Morgan fingerprint density at radius 1 is 1.43 bits per heavy atom. The van der Waals surface area contributed by atoms with Gasteiger partial charge in [-0.05, 0) is 17.7 Å². The van der Waals surface area contributed by atoms with Gasteiger partial charge in [-0.25, -0.2) is 9.18 Å². The standard InChI is InChI=1S/C9H6ClFO3/c10-6-2-1-5(7(11)4-6)3-8(12)9(13)14/h1-2,4H,3H2,(H,13,14). The number of hydrogen-bond donors (Lipinski definition) is 1. The van der Waals surface area contributed by atoms with Crippen LogP contribution in [0.25, 0.3) is 0 Å². The molecule has 14 heavy (non-hydrogen) atoms. The summed E-state index contributed by atoms with van der Waals surface area (Å²) in [6, 6.07) is 3.72. The maximum absolute atomic E-state index is 13.0. The van der Waals surface area contributed by atoms with E-state index in [9.17, 15) is 14.0 Å². The molecule has 0 aliphatic heterocycles. The van der Waals surface area contributed by atoms with E-state index in [1.54, 1.807) is 0 Å². The van der Waals surface area contributed by atoms with Gasteiger partial charge in [0.1, 0.15) is 5.82 Å². The van der Waals surface area contributed by atoms with Crippen LogP contribution >= 0.6 is 11.6 Å². The molecule has 1 aromatic carbocycles. The van der Waals surface area contributed by atoms with Crippen LogP contribution in [0, 0.1) is 5.82 Å². The van der Waals surface area contributed by atoms with Crippen molar-refractivity contribution in [2.24, 2.45) is 0 Å². The van der Waals surface area contributed by atoms with Gasteiger partial charge >= 0.3 is 5.97 Å². The molecule has 0 aromatic heterocycles. The predicted molar refractivity (Wildman–Crippen MR) is 47.8 cm³/mol. The molecular weight excluding hydrogens is 211 g/mol. The summed E-state index contributed by atoms with van der Waals surface area (Å²) in [5, 5.41) is 8.49. The lowest BCUT2D eigenvalue weighted by Crippen LogP contribution is -2.15. The first-order valence-electron chi connectivity index (χ1n) is 3.70. The summed E-state index contributed by atoms with van der Waals surface area (Å²) < 4.78 is 13.0. The Morgan fingerprint density at radius 2 is 2.07 bits per heavy atom. The Hall–Kier alpha value is -1.42. The Bertz CT molecular complexity index is 390. The molecule has 1 rings (SSSR count). The number of aliphatic carboxylic acids is 1. The molecule has 0 amide bonds. The molecule has 0 spiro atoms. The van der Waals surface area contributed by atoms with E-state index >= 15 is 0 Å². The van der Waals surface area contributed by atoms with Crippen LogP contribution in [-0.2, 0) is 16.0 Å². The van der Waals surface area contributed by atoms with E-state index in [1.807, 2.05) is 0 Å². The second kappa shape index (κ2) is 4.19. The van der Waals surface area contributed by atoms with Crippen molar-refractivity contribution >= 4 is 23.4 Å². The van der Waals surface area contributed by atoms with Gasteiger partial charge in [0.05, 0.1) is 0 Å². The summed E-state index contributed by atoms with van der Waals surface area (Å²) >= 11 is 5.47. The van der Waals surface area contributed by atoms with Crippen molar-refractivity contribution in [1.29, 1.82) is 0 Å². The van der Waals surface area contributed by atoms with E-state index in [0.29, 0.717) is 0 Å². The van der Waals surface area contributed by atoms with Crippen LogP contribution in [0.4, 0.5) is 4.39 Å². The third kappa shape index (κ3) is 2.53. The fraction of sp³-hybridized carbons (Fsp3) is 0.111. The molecule has 0 aliphatic rings. The third-order valence-electron chi connectivity index (χ3n) is 1.60. The average Bonchev–Trinajstić information content (AvgIpc) is 2.09. The van der Waals surface area contributed by atoms with Crippen LogP contribution in [0.3, 0.4) is 0 Å². The quantitative estimate of drug-likeness (QED) is 0.782. The molecule has 1 aromatic rings. The zero-order chi connectivity index (χ0) is 10.7. The van der Waals surface area contributed by atoms with Crippen molar-refractivity contribution in [2.75, 3.05) is 0 Å². The number of rotatable bonds is 3. The van der Waals surface area contributed by atoms with Gasteiger partial charge in [0.15, 0.2) is 0 Å². The monoisotopic (exact) mass is 216 g/mol. The van der Waals surface area contributed by atoms with Crippen LogP contribution in [-0.4, -0.2) is 16.9 Å². The summed E-state index contributed by atoms with van der Waals surface area (Å²) in [5.41, 5.74) is 0.0294. The highest BCUT2D eigenvalue weighted by atomic mass is 35.5. The number of carboxylic acid groups (broad SMARTS) is 1. The topological polar surface area (TPSA) is 54.4 Å². The second-order valence-corrected chi connectivity index (χ2v) is 3.08. The first-order valence-corrected chi connectivity index (χ1v) is 4.08. The number of carboxylic acids is 1. The van der Waals surface area contributed by atoms with Gasteiger partial charge in [0.25, 0.3) is 0 Å². The number of Topliss-reactive ketones (excluding diaryl/α,β-unsaturated/α-hetero) is 1. The molecule has 0 atom stereocenters. The zero-order valence-electron chi connectivity index (χ0n) is 6.96. The van der Waals surface area contributed by atoms with Crippen LogP contribution in [0.5, 0.6) is 0 Å². The number of carbonyl (C=O) groups is 2. The number of ketones is 1. The number of benzene rings is 1. The van der Waals surface area contributed by atoms with Crippen molar-refractivity contribution in [3.63, 3.8) is 0 Å². The first-order chi connectivity index (χ1) is 6.50. The van der Waals surface area contributed by atoms with Crippen LogP contribution in [0.2, 0.25) is 5.02 Å². The Labute approximate surface area is 84.1 Å². The Kier molecular flexibility index (Phi) is 3.19. The minimum Gasteiger partial charge on any atom is -0.475 e. The van der Waals surface area contributed by atoms with E-state index in [4.69, 9.17) is 16.7 Å². The van der Waals surface area contributed by atoms with Gasteiger partial charge in [-0.3, -0.25) is 4.79 Å². The molecule has 0 heterocycles. The van der Waals surface area contributed by atoms with Crippen LogP contribution in [0.1, 0.15) is 5.56 Å². The van der Waals surface area contributed by atoms with Gasteiger partial charge in [0, 0.05) is 11.4 Å². The smallest absolute Gasteiger partial charge is 0.372 e. The molecule has 5 heteroatoms. The third-order valence-corrected chi connectivity index (χ3v) is 1.84. The summed E-state index contributed by atoms with van der Waals surface area (Å²) in [6.07, 6.45) is -0.460. The number of hydrogen-bond acceptors (Lipinski definition) is 2. The Morgan fingerprint density at radius 3 is 2.57 bits per heavy atom. The maximum Gasteiger partial charge on any atom is 0.372 e. The minimum atomic E-state index is -1.57. The maximum atomic E-state index is 13.0. The molecule has 0 radical (unpaired) electrons. The Balaban J connectivity index is 2.87. The van der Waals surface area contributed by atoms with Crippen molar-refractivity contribution in [1.82, 2.24) is 0 Å². The van der Waals surface area contributed by atoms with Gasteiger partial charge in [0.2, 0.25) is 5.78 Å². The summed E-state index contributed by atoms with van der Waals surface area (Å²) in [5.74, 6) is -3.29. The lowest BCUT2D eigenvalue weighted by molar-refractivity contribution is -0.148. The molecule has 0 aliphatic carbocycles. The van der Waals surface area contributed by atoms with Crippen molar-refractivity contribution < 1.29 is 19.1 Å². The van der Waals surface area contributed by atoms with Crippen molar-refractivity contribution in [3.05, 3.63) is 34.6 Å². The fourth-order valence-corrected chi connectivity index (χ4v) is 1.07. The molecule has 0 bridgehead atoms. The number of halogens is 2. The largest absolute Gasteiger partial charge is 0.475 e. The minimum absolute atomic E-state index is 0.0294. The van der Waals surface area contributed by atoms with E-state index in [0.717, 1.165) is 6.07 Å². The van der Waals surface area contributed by atoms with Gasteiger partial charge in [-0.2, -0.15) is 0 Å². The van der Waals surface area contributed by atoms with Crippen molar-refractivity contribution in [3.8, 4) is 0 Å².